The normalized spacial score (nSPS) is 10.5. The smallest absolute Gasteiger partial charge is 0.169 e. The zero-order valence-electron chi connectivity index (χ0n) is 9.64. The fourth-order valence-electron chi connectivity index (χ4n) is 1.55. The molecule has 17 heavy (non-hydrogen) atoms. The summed E-state index contributed by atoms with van der Waals surface area (Å²) in [7, 11) is 0. The van der Waals surface area contributed by atoms with Gasteiger partial charge in [0.1, 0.15) is 5.01 Å². The predicted octanol–water partition coefficient (Wildman–Crippen LogP) is 2.34. The number of hydrogen-bond donors (Lipinski definition) is 1. The molecule has 0 aliphatic carbocycles. The summed E-state index contributed by atoms with van der Waals surface area (Å²) < 4.78 is 0. The minimum absolute atomic E-state index is 0.0999. The number of thiazole rings is 1. The first-order chi connectivity index (χ1) is 8.19. The molecule has 88 valence electrons. The molecule has 0 spiro atoms. The lowest BCUT2D eigenvalue weighted by Crippen LogP contribution is -2.04. The topological polar surface area (TPSA) is 56.0 Å². The van der Waals surface area contributed by atoms with E-state index in [-0.39, 0.29) is 5.78 Å². The number of nitrogens with two attached hydrogens (primary N) is 1. The van der Waals surface area contributed by atoms with Crippen LogP contribution in [0.3, 0.4) is 0 Å². The summed E-state index contributed by atoms with van der Waals surface area (Å²) in [6, 6.07) is 7.43. The number of rotatable bonds is 4. The SMILES string of the molecule is Cc1csc(CC(=O)c2ccc(CN)cc2)n1. The van der Waals surface area contributed by atoms with E-state index in [4.69, 9.17) is 5.73 Å². The highest BCUT2D eigenvalue weighted by atomic mass is 32.1. The monoisotopic (exact) mass is 246 g/mol. The number of benzene rings is 1. The number of nitrogens with zero attached hydrogens (tertiary/aromatic N) is 1. The summed E-state index contributed by atoms with van der Waals surface area (Å²) in [5, 5.41) is 2.83. The van der Waals surface area contributed by atoms with Crippen LogP contribution in [0.5, 0.6) is 0 Å². The van der Waals surface area contributed by atoms with Gasteiger partial charge >= 0.3 is 0 Å². The van der Waals surface area contributed by atoms with E-state index in [0.29, 0.717) is 13.0 Å². The summed E-state index contributed by atoms with van der Waals surface area (Å²) in [6.45, 7) is 2.43. The van der Waals surface area contributed by atoms with Gasteiger partial charge in [0.2, 0.25) is 0 Å². The molecular formula is C13H14N2OS. The molecule has 0 atom stereocenters. The van der Waals surface area contributed by atoms with Gasteiger partial charge in [-0.1, -0.05) is 24.3 Å². The highest BCUT2D eigenvalue weighted by molar-refractivity contribution is 7.09. The Morgan fingerprint density at radius 3 is 2.59 bits per heavy atom. The van der Waals surface area contributed by atoms with E-state index >= 15 is 0 Å². The third-order valence-electron chi connectivity index (χ3n) is 2.49. The van der Waals surface area contributed by atoms with E-state index in [9.17, 15) is 4.79 Å². The van der Waals surface area contributed by atoms with Crippen LogP contribution in [0.4, 0.5) is 0 Å². The maximum absolute atomic E-state index is 12.0. The van der Waals surface area contributed by atoms with Crippen LogP contribution in [0.2, 0.25) is 0 Å². The van der Waals surface area contributed by atoms with Crippen molar-refractivity contribution in [2.45, 2.75) is 19.9 Å². The Bertz CT molecular complexity index is 516. The molecular weight excluding hydrogens is 232 g/mol. The molecule has 4 heteroatoms. The highest BCUT2D eigenvalue weighted by Crippen LogP contribution is 2.13. The molecule has 1 heterocycles. The summed E-state index contributed by atoms with van der Waals surface area (Å²) in [4.78, 5) is 16.2. The van der Waals surface area contributed by atoms with Gasteiger partial charge in [0.25, 0.3) is 0 Å². The van der Waals surface area contributed by atoms with Crippen LogP contribution < -0.4 is 5.73 Å². The molecule has 1 aromatic heterocycles. The minimum atomic E-state index is 0.0999. The summed E-state index contributed by atoms with van der Waals surface area (Å²) >= 11 is 1.53. The molecule has 2 N–H and O–H groups in total. The standard InChI is InChI=1S/C13H14N2OS/c1-9-8-17-13(15-9)6-12(16)11-4-2-10(7-14)3-5-11/h2-5,8H,6-7,14H2,1H3. The average Bonchev–Trinajstić information content (AvgIpc) is 2.75. The Balaban J connectivity index is 2.09. The molecule has 2 rings (SSSR count). The number of Topliss-reactive ketones (excluding diaryl/α,β-unsaturated/α-hetero) is 1. The molecule has 3 nitrogen and oxygen atoms in total. The van der Waals surface area contributed by atoms with Crippen molar-refractivity contribution in [1.29, 1.82) is 0 Å². The van der Waals surface area contributed by atoms with Crippen LogP contribution >= 0.6 is 11.3 Å². The van der Waals surface area contributed by atoms with Gasteiger partial charge in [-0.3, -0.25) is 4.79 Å². The van der Waals surface area contributed by atoms with Crippen molar-refractivity contribution < 1.29 is 4.79 Å². The average molecular weight is 246 g/mol. The Hall–Kier alpha value is -1.52. The van der Waals surface area contributed by atoms with Gasteiger partial charge < -0.3 is 5.73 Å². The van der Waals surface area contributed by atoms with Crippen molar-refractivity contribution in [3.05, 3.63) is 51.5 Å². The number of aromatic nitrogens is 1. The molecule has 0 saturated carbocycles. The molecule has 2 aromatic rings. The molecule has 0 amide bonds. The lowest BCUT2D eigenvalue weighted by molar-refractivity contribution is 0.0993. The predicted molar refractivity (Wildman–Crippen MR) is 69.2 cm³/mol. The number of hydrogen-bond acceptors (Lipinski definition) is 4. The van der Waals surface area contributed by atoms with Crippen LogP contribution in [0.25, 0.3) is 0 Å². The Kier molecular flexibility index (Phi) is 3.66. The maximum atomic E-state index is 12.0. The Morgan fingerprint density at radius 2 is 2.06 bits per heavy atom. The van der Waals surface area contributed by atoms with E-state index in [2.05, 4.69) is 4.98 Å². The van der Waals surface area contributed by atoms with Crippen LogP contribution in [0, 0.1) is 6.92 Å². The van der Waals surface area contributed by atoms with E-state index in [0.717, 1.165) is 21.8 Å². The molecule has 0 radical (unpaired) electrons. The first kappa shape index (κ1) is 12.0. The number of carbonyl (C=O) groups is 1. The molecule has 1 aromatic carbocycles. The zero-order valence-corrected chi connectivity index (χ0v) is 10.5. The molecule has 0 fully saturated rings. The molecule has 0 unspecified atom stereocenters. The summed E-state index contributed by atoms with van der Waals surface area (Å²) in [6.07, 6.45) is 0.375. The third-order valence-corrected chi connectivity index (χ3v) is 3.46. The molecule has 0 aliphatic heterocycles. The van der Waals surface area contributed by atoms with Gasteiger partial charge in [-0.05, 0) is 12.5 Å². The van der Waals surface area contributed by atoms with Gasteiger partial charge in [0.05, 0.1) is 6.42 Å². The number of carbonyl (C=O) groups excluding carboxylic acids is 1. The lowest BCUT2D eigenvalue weighted by atomic mass is 10.1. The second-order valence-electron chi connectivity index (χ2n) is 3.88. The van der Waals surface area contributed by atoms with Crippen molar-refractivity contribution in [3.8, 4) is 0 Å². The van der Waals surface area contributed by atoms with E-state index in [1.54, 1.807) is 0 Å². The highest BCUT2D eigenvalue weighted by Gasteiger charge is 2.09. The largest absolute Gasteiger partial charge is 0.326 e. The third kappa shape index (κ3) is 2.99. The van der Waals surface area contributed by atoms with Gasteiger partial charge in [-0.2, -0.15) is 0 Å². The van der Waals surface area contributed by atoms with E-state index < -0.39 is 0 Å². The van der Waals surface area contributed by atoms with Crippen molar-refractivity contribution in [2.75, 3.05) is 0 Å². The Morgan fingerprint density at radius 1 is 1.35 bits per heavy atom. The van der Waals surface area contributed by atoms with Crippen LogP contribution in [-0.2, 0) is 13.0 Å². The van der Waals surface area contributed by atoms with E-state index in [1.807, 2.05) is 36.6 Å². The van der Waals surface area contributed by atoms with Crippen LogP contribution in [0.15, 0.2) is 29.6 Å². The molecule has 0 aliphatic rings. The van der Waals surface area contributed by atoms with Gasteiger partial charge in [-0.15, -0.1) is 11.3 Å². The van der Waals surface area contributed by atoms with Gasteiger partial charge in [0.15, 0.2) is 5.78 Å². The van der Waals surface area contributed by atoms with Gasteiger partial charge in [-0.25, -0.2) is 4.98 Å². The lowest BCUT2D eigenvalue weighted by Gasteiger charge is -2.00. The molecule has 0 saturated heterocycles. The molecule has 0 bridgehead atoms. The second kappa shape index (κ2) is 5.21. The summed E-state index contributed by atoms with van der Waals surface area (Å²) in [5.41, 5.74) is 8.23. The zero-order chi connectivity index (χ0) is 12.3. The van der Waals surface area contributed by atoms with Crippen molar-refractivity contribution >= 4 is 17.1 Å². The fraction of sp³-hybridized carbons (Fsp3) is 0.231. The van der Waals surface area contributed by atoms with E-state index in [1.165, 1.54) is 11.3 Å². The maximum Gasteiger partial charge on any atom is 0.169 e. The minimum Gasteiger partial charge on any atom is -0.326 e. The van der Waals surface area contributed by atoms with Gasteiger partial charge in [0, 0.05) is 23.2 Å². The second-order valence-corrected chi connectivity index (χ2v) is 4.83. The first-order valence-electron chi connectivity index (χ1n) is 5.42. The quantitative estimate of drug-likeness (QED) is 0.842. The fourth-order valence-corrected chi connectivity index (χ4v) is 2.32. The van der Waals surface area contributed by atoms with Crippen LogP contribution in [-0.4, -0.2) is 10.8 Å². The first-order valence-corrected chi connectivity index (χ1v) is 6.30. The van der Waals surface area contributed by atoms with Crippen molar-refractivity contribution in [1.82, 2.24) is 4.98 Å². The number of ketones is 1. The van der Waals surface area contributed by atoms with Crippen molar-refractivity contribution in [2.24, 2.45) is 5.73 Å². The summed E-state index contributed by atoms with van der Waals surface area (Å²) in [5.74, 6) is 0.0999. The van der Waals surface area contributed by atoms with Crippen LogP contribution in [0.1, 0.15) is 26.6 Å². The van der Waals surface area contributed by atoms with Crippen molar-refractivity contribution in [3.63, 3.8) is 0 Å². The Labute approximate surface area is 104 Å². The number of aryl methyl sites for hydroxylation is 1.